The highest BCUT2D eigenvalue weighted by atomic mass is 16.3. The Balaban J connectivity index is 2.29. The maximum absolute atomic E-state index is 5.84. The van der Waals surface area contributed by atoms with Gasteiger partial charge in [0.1, 0.15) is 5.82 Å². The van der Waals surface area contributed by atoms with Crippen LogP contribution in [0, 0.1) is 0 Å². The molecule has 3 aromatic heterocycles. The summed E-state index contributed by atoms with van der Waals surface area (Å²) in [6.45, 7) is 0. The molecular formula is C10H8N4O. The second-order valence-electron chi connectivity index (χ2n) is 3.18. The van der Waals surface area contributed by atoms with Crippen molar-refractivity contribution in [2.24, 2.45) is 0 Å². The largest absolute Gasteiger partial charge is 0.472 e. The van der Waals surface area contributed by atoms with E-state index < -0.39 is 0 Å². The molecule has 3 aromatic rings. The van der Waals surface area contributed by atoms with Gasteiger partial charge in [-0.05, 0) is 6.07 Å². The average molecular weight is 200 g/mol. The maximum atomic E-state index is 5.84. The molecule has 5 heteroatoms. The van der Waals surface area contributed by atoms with Crippen molar-refractivity contribution in [2.75, 3.05) is 5.73 Å². The molecule has 3 heterocycles. The number of rotatable bonds is 1. The van der Waals surface area contributed by atoms with Gasteiger partial charge in [-0.25, -0.2) is 4.98 Å². The second-order valence-corrected chi connectivity index (χ2v) is 3.18. The zero-order chi connectivity index (χ0) is 10.3. The van der Waals surface area contributed by atoms with E-state index in [4.69, 9.17) is 10.2 Å². The molecule has 0 saturated heterocycles. The lowest BCUT2D eigenvalue weighted by molar-refractivity contribution is 0.568. The van der Waals surface area contributed by atoms with Gasteiger partial charge in [-0.3, -0.25) is 0 Å². The van der Waals surface area contributed by atoms with E-state index >= 15 is 0 Å². The van der Waals surface area contributed by atoms with Gasteiger partial charge in [0, 0.05) is 17.7 Å². The smallest absolute Gasteiger partial charge is 0.157 e. The van der Waals surface area contributed by atoms with Crippen molar-refractivity contribution in [2.45, 2.75) is 0 Å². The van der Waals surface area contributed by atoms with Crippen LogP contribution < -0.4 is 5.73 Å². The number of nitrogen functional groups attached to an aromatic ring is 1. The molecule has 5 nitrogen and oxygen atoms in total. The minimum Gasteiger partial charge on any atom is -0.472 e. The Bertz CT molecular complexity index is 597. The number of furan rings is 1. The number of nitrogens with zero attached hydrogens (tertiary/aromatic N) is 3. The summed E-state index contributed by atoms with van der Waals surface area (Å²) in [5, 5.41) is 4.05. The molecule has 0 aromatic carbocycles. The van der Waals surface area contributed by atoms with Crippen molar-refractivity contribution in [3.8, 4) is 11.3 Å². The van der Waals surface area contributed by atoms with Crippen LogP contribution in [0.15, 0.2) is 41.3 Å². The van der Waals surface area contributed by atoms with E-state index in [1.54, 1.807) is 35.4 Å². The minimum absolute atomic E-state index is 0.557. The van der Waals surface area contributed by atoms with E-state index in [1.165, 1.54) is 0 Å². The van der Waals surface area contributed by atoms with Gasteiger partial charge in [-0.1, -0.05) is 0 Å². The molecule has 15 heavy (non-hydrogen) atoms. The van der Waals surface area contributed by atoms with E-state index in [-0.39, 0.29) is 0 Å². The van der Waals surface area contributed by atoms with Gasteiger partial charge in [-0.2, -0.15) is 9.61 Å². The maximum Gasteiger partial charge on any atom is 0.157 e. The van der Waals surface area contributed by atoms with Crippen LogP contribution in [0.4, 0.5) is 5.82 Å². The molecule has 0 atom stereocenters. The molecule has 74 valence electrons. The lowest BCUT2D eigenvalue weighted by atomic mass is 10.2. The number of nitrogens with two attached hydrogens (primary N) is 1. The predicted octanol–water partition coefficient (Wildman–Crippen LogP) is 1.57. The fourth-order valence-corrected chi connectivity index (χ4v) is 1.49. The van der Waals surface area contributed by atoms with Gasteiger partial charge >= 0.3 is 0 Å². The highest BCUT2D eigenvalue weighted by Crippen LogP contribution is 2.20. The summed E-state index contributed by atoms with van der Waals surface area (Å²) >= 11 is 0. The van der Waals surface area contributed by atoms with Crippen molar-refractivity contribution < 1.29 is 4.42 Å². The van der Waals surface area contributed by atoms with Gasteiger partial charge in [0.15, 0.2) is 5.65 Å². The van der Waals surface area contributed by atoms with Gasteiger partial charge in [0.05, 0.1) is 24.4 Å². The van der Waals surface area contributed by atoms with Gasteiger partial charge in [-0.15, -0.1) is 0 Å². The first-order valence-corrected chi connectivity index (χ1v) is 4.47. The van der Waals surface area contributed by atoms with E-state index in [1.807, 2.05) is 6.07 Å². The van der Waals surface area contributed by atoms with Crippen molar-refractivity contribution in [1.29, 1.82) is 0 Å². The summed E-state index contributed by atoms with van der Waals surface area (Å²) < 4.78 is 6.59. The van der Waals surface area contributed by atoms with Crippen LogP contribution in [0.5, 0.6) is 0 Å². The topological polar surface area (TPSA) is 69.3 Å². The molecule has 0 radical (unpaired) electrons. The summed E-state index contributed by atoms with van der Waals surface area (Å²) in [4.78, 5) is 4.40. The summed E-state index contributed by atoms with van der Waals surface area (Å²) in [6, 6.07) is 5.42. The molecule has 2 N–H and O–H groups in total. The van der Waals surface area contributed by atoms with Crippen molar-refractivity contribution >= 4 is 11.5 Å². The lowest BCUT2D eigenvalue weighted by Gasteiger charge is -2.01. The molecule has 0 unspecified atom stereocenters. The van der Waals surface area contributed by atoms with Gasteiger partial charge in [0.25, 0.3) is 0 Å². The summed E-state index contributed by atoms with van der Waals surface area (Å²) in [5.41, 5.74) is 8.26. The van der Waals surface area contributed by atoms with Crippen LogP contribution in [0.25, 0.3) is 16.9 Å². The Labute approximate surface area is 85.1 Å². The van der Waals surface area contributed by atoms with Crippen LogP contribution in [-0.2, 0) is 0 Å². The molecule has 0 fully saturated rings. The van der Waals surface area contributed by atoms with Gasteiger partial charge < -0.3 is 10.2 Å². The molecule has 0 bridgehead atoms. The number of anilines is 1. The standard InChI is InChI=1S/C10H8N4O/c11-9-5-8(7-2-4-15-6-7)13-10-1-3-12-14(9)10/h1-6H,11H2. The van der Waals surface area contributed by atoms with Crippen LogP contribution >= 0.6 is 0 Å². The number of hydrogen-bond acceptors (Lipinski definition) is 4. The van der Waals surface area contributed by atoms with Crippen molar-refractivity contribution in [3.05, 3.63) is 36.9 Å². The van der Waals surface area contributed by atoms with Crippen LogP contribution in [-0.4, -0.2) is 14.6 Å². The zero-order valence-electron chi connectivity index (χ0n) is 7.79. The third-order valence-electron chi connectivity index (χ3n) is 2.20. The Morgan fingerprint density at radius 1 is 1.33 bits per heavy atom. The van der Waals surface area contributed by atoms with Crippen LogP contribution in [0.2, 0.25) is 0 Å². The average Bonchev–Trinajstić information content (AvgIpc) is 2.88. The van der Waals surface area contributed by atoms with E-state index in [0.29, 0.717) is 5.82 Å². The quantitative estimate of drug-likeness (QED) is 0.647. The fourth-order valence-electron chi connectivity index (χ4n) is 1.49. The second kappa shape index (κ2) is 2.84. The predicted molar refractivity (Wildman–Crippen MR) is 55.1 cm³/mol. The monoisotopic (exact) mass is 200 g/mol. The number of hydrogen-bond donors (Lipinski definition) is 1. The fraction of sp³-hybridized carbons (Fsp3) is 0. The summed E-state index contributed by atoms with van der Waals surface area (Å²) in [7, 11) is 0. The molecule has 0 aliphatic rings. The first-order chi connectivity index (χ1) is 7.34. The minimum atomic E-state index is 0.557. The molecular weight excluding hydrogens is 192 g/mol. The van der Waals surface area contributed by atoms with Crippen molar-refractivity contribution in [1.82, 2.24) is 14.6 Å². The Hall–Kier alpha value is -2.30. The van der Waals surface area contributed by atoms with Crippen LogP contribution in [0.3, 0.4) is 0 Å². The highest BCUT2D eigenvalue weighted by Gasteiger charge is 2.06. The Morgan fingerprint density at radius 2 is 2.27 bits per heavy atom. The normalized spacial score (nSPS) is 10.9. The molecule has 0 aliphatic heterocycles. The van der Waals surface area contributed by atoms with Crippen LogP contribution in [0.1, 0.15) is 0 Å². The highest BCUT2D eigenvalue weighted by molar-refractivity contribution is 5.64. The SMILES string of the molecule is Nc1cc(-c2ccoc2)nc2ccnn12. The van der Waals surface area contributed by atoms with E-state index in [2.05, 4.69) is 10.1 Å². The number of aromatic nitrogens is 3. The first kappa shape index (κ1) is 8.05. The Morgan fingerprint density at radius 3 is 3.07 bits per heavy atom. The molecule has 0 aliphatic carbocycles. The molecule has 0 saturated carbocycles. The third-order valence-corrected chi connectivity index (χ3v) is 2.20. The third kappa shape index (κ3) is 1.17. The Kier molecular flexibility index (Phi) is 1.53. The lowest BCUT2D eigenvalue weighted by Crippen LogP contribution is -2.00. The molecule has 0 spiro atoms. The summed E-state index contributed by atoms with van der Waals surface area (Å²) in [5.74, 6) is 0.557. The van der Waals surface area contributed by atoms with Crippen molar-refractivity contribution in [3.63, 3.8) is 0 Å². The molecule has 0 amide bonds. The molecule has 3 rings (SSSR count). The van der Waals surface area contributed by atoms with E-state index in [0.717, 1.165) is 16.9 Å². The summed E-state index contributed by atoms with van der Waals surface area (Å²) in [6.07, 6.45) is 4.90. The van der Waals surface area contributed by atoms with E-state index in [9.17, 15) is 0 Å². The number of fused-ring (bicyclic) bond motifs is 1. The zero-order valence-corrected chi connectivity index (χ0v) is 7.79. The van der Waals surface area contributed by atoms with Gasteiger partial charge in [0.2, 0.25) is 0 Å². The first-order valence-electron chi connectivity index (χ1n) is 4.47.